The topological polar surface area (TPSA) is 29.5 Å². The normalized spacial score (nSPS) is 13.9. The highest BCUT2D eigenvalue weighted by molar-refractivity contribution is 5.06. The Balaban J connectivity index is 3.83. The molecule has 0 rings (SSSR count). The number of aliphatic hydroxyl groups is 1. The van der Waals surface area contributed by atoms with Gasteiger partial charge in [-0.05, 0) is 52.9 Å². The van der Waals surface area contributed by atoms with Gasteiger partial charge in [0, 0.05) is 6.61 Å². The minimum absolute atomic E-state index is 0.151. The number of hydrogen-bond donors (Lipinski definition) is 1. The van der Waals surface area contributed by atoms with Crippen LogP contribution in [0.25, 0.3) is 0 Å². The van der Waals surface area contributed by atoms with Crippen molar-refractivity contribution in [1.29, 1.82) is 0 Å². The first kappa shape index (κ1) is 19.1. The number of ether oxygens (including phenoxy) is 1. The van der Waals surface area contributed by atoms with Crippen molar-refractivity contribution < 1.29 is 9.84 Å². The lowest BCUT2D eigenvalue weighted by molar-refractivity contribution is 0.156. The Hall–Kier alpha value is -0.860. The van der Waals surface area contributed by atoms with E-state index in [2.05, 4.69) is 39.8 Å². The molecule has 116 valence electrons. The lowest BCUT2D eigenvalue weighted by Crippen LogP contribution is -1.96. The Morgan fingerprint density at radius 1 is 0.900 bits per heavy atom. The van der Waals surface area contributed by atoms with Gasteiger partial charge in [-0.1, -0.05) is 41.9 Å². The summed E-state index contributed by atoms with van der Waals surface area (Å²) in [5.74, 6) is 0. The first-order chi connectivity index (χ1) is 9.60. The van der Waals surface area contributed by atoms with Gasteiger partial charge in [-0.2, -0.15) is 0 Å². The third-order valence-corrected chi connectivity index (χ3v) is 3.18. The standard InChI is InChI=1S/C18H32O2/c1-5-14-20-15-18(4)11-7-9-16(2)8-6-10-17(3)12-13-19/h8,11-12,19H,5-7,9-10,13-15H2,1-4H3/b16-8+,17-12+,18-11+. The molecule has 0 unspecified atom stereocenters. The van der Waals surface area contributed by atoms with Gasteiger partial charge < -0.3 is 9.84 Å². The fraction of sp³-hybridized carbons (Fsp3) is 0.667. The Bertz CT molecular complexity index is 324. The molecule has 20 heavy (non-hydrogen) atoms. The Morgan fingerprint density at radius 2 is 1.45 bits per heavy atom. The summed E-state index contributed by atoms with van der Waals surface area (Å²) in [6, 6.07) is 0. The molecule has 0 radical (unpaired) electrons. The number of rotatable bonds is 11. The monoisotopic (exact) mass is 280 g/mol. The predicted molar refractivity (Wildman–Crippen MR) is 87.9 cm³/mol. The van der Waals surface area contributed by atoms with Crippen molar-refractivity contribution in [1.82, 2.24) is 0 Å². The van der Waals surface area contributed by atoms with Crippen LogP contribution in [0.5, 0.6) is 0 Å². The summed E-state index contributed by atoms with van der Waals surface area (Å²) in [6.07, 6.45) is 11.9. The van der Waals surface area contributed by atoms with E-state index in [1.165, 1.54) is 16.7 Å². The second-order valence-electron chi connectivity index (χ2n) is 5.46. The Labute approximate surface area is 125 Å². The van der Waals surface area contributed by atoms with Gasteiger partial charge in [-0.3, -0.25) is 0 Å². The molecule has 0 bridgehead atoms. The van der Waals surface area contributed by atoms with E-state index in [-0.39, 0.29) is 6.61 Å². The molecule has 0 aromatic heterocycles. The molecule has 2 heteroatoms. The molecule has 0 amide bonds. The molecule has 0 fully saturated rings. The molecular formula is C18H32O2. The Kier molecular flexibility index (Phi) is 12.6. The zero-order valence-electron chi connectivity index (χ0n) is 13.7. The van der Waals surface area contributed by atoms with Crippen LogP contribution >= 0.6 is 0 Å². The van der Waals surface area contributed by atoms with Crippen molar-refractivity contribution in [2.75, 3.05) is 19.8 Å². The van der Waals surface area contributed by atoms with E-state index >= 15 is 0 Å². The third kappa shape index (κ3) is 12.2. The van der Waals surface area contributed by atoms with Crippen LogP contribution in [0.1, 0.15) is 59.8 Å². The van der Waals surface area contributed by atoms with Gasteiger partial charge in [0.1, 0.15) is 0 Å². The number of allylic oxidation sites excluding steroid dienone is 4. The third-order valence-electron chi connectivity index (χ3n) is 3.18. The average Bonchev–Trinajstić information content (AvgIpc) is 2.39. The van der Waals surface area contributed by atoms with Crippen LogP contribution in [0, 0.1) is 0 Å². The smallest absolute Gasteiger partial charge is 0.0674 e. The van der Waals surface area contributed by atoms with Crippen LogP contribution < -0.4 is 0 Å². The fourth-order valence-electron chi connectivity index (χ4n) is 1.89. The van der Waals surface area contributed by atoms with E-state index in [9.17, 15) is 0 Å². The molecule has 1 N–H and O–H groups in total. The zero-order valence-corrected chi connectivity index (χ0v) is 13.7. The van der Waals surface area contributed by atoms with E-state index in [4.69, 9.17) is 9.84 Å². The van der Waals surface area contributed by atoms with Gasteiger partial charge in [-0.15, -0.1) is 0 Å². The molecule has 0 aliphatic heterocycles. The van der Waals surface area contributed by atoms with Crippen molar-refractivity contribution in [2.24, 2.45) is 0 Å². The Morgan fingerprint density at radius 3 is 2.00 bits per heavy atom. The van der Waals surface area contributed by atoms with Crippen molar-refractivity contribution in [2.45, 2.75) is 59.8 Å². The van der Waals surface area contributed by atoms with E-state index in [0.717, 1.165) is 45.3 Å². The summed E-state index contributed by atoms with van der Waals surface area (Å²) in [4.78, 5) is 0. The van der Waals surface area contributed by atoms with E-state index in [0.29, 0.717) is 0 Å². The minimum atomic E-state index is 0.151. The summed E-state index contributed by atoms with van der Waals surface area (Å²) in [7, 11) is 0. The molecule has 0 saturated heterocycles. The lowest BCUT2D eigenvalue weighted by Gasteiger charge is -2.04. The van der Waals surface area contributed by atoms with Crippen LogP contribution in [0.15, 0.2) is 34.9 Å². The van der Waals surface area contributed by atoms with Crippen LogP contribution in [0.4, 0.5) is 0 Å². The molecule has 0 aromatic rings. The van der Waals surface area contributed by atoms with Crippen molar-refractivity contribution in [3.63, 3.8) is 0 Å². The average molecular weight is 280 g/mol. The number of hydrogen-bond acceptors (Lipinski definition) is 2. The van der Waals surface area contributed by atoms with Crippen LogP contribution in [-0.2, 0) is 4.74 Å². The second kappa shape index (κ2) is 13.1. The van der Waals surface area contributed by atoms with Crippen molar-refractivity contribution in [3.05, 3.63) is 34.9 Å². The van der Waals surface area contributed by atoms with Crippen molar-refractivity contribution >= 4 is 0 Å². The van der Waals surface area contributed by atoms with Gasteiger partial charge in [0.2, 0.25) is 0 Å². The van der Waals surface area contributed by atoms with Gasteiger partial charge in [-0.25, -0.2) is 0 Å². The summed E-state index contributed by atoms with van der Waals surface area (Å²) >= 11 is 0. The summed E-state index contributed by atoms with van der Waals surface area (Å²) < 4.78 is 5.51. The van der Waals surface area contributed by atoms with Crippen molar-refractivity contribution in [3.8, 4) is 0 Å². The molecule has 2 nitrogen and oxygen atoms in total. The largest absolute Gasteiger partial charge is 0.392 e. The van der Waals surface area contributed by atoms with Crippen LogP contribution in [0.2, 0.25) is 0 Å². The molecule has 0 spiro atoms. The van der Waals surface area contributed by atoms with E-state index in [1.54, 1.807) is 0 Å². The van der Waals surface area contributed by atoms with Gasteiger partial charge >= 0.3 is 0 Å². The van der Waals surface area contributed by atoms with E-state index in [1.807, 2.05) is 6.08 Å². The predicted octanol–water partition coefficient (Wildman–Crippen LogP) is 4.80. The summed E-state index contributed by atoms with van der Waals surface area (Å²) in [5, 5.41) is 8.78. The maximum Gasteiger partial charge on any atom is 0.0674 e. The maximum atomic E-state index is 8.78. The highest BCUT2D eigenvalue weighted by atomic mass is 16.5. The molecule has 0 saturated carbocycles. The van der Waals surface area contributed by atoms with Gasteiger partial charge in [0.15, 0.2) is 0 Å². The first-order valence-electron chi connectivity index (χ1n) is 7.75. The highest BCUT2D eigenvalue weighted by Crippen LogP contribution is 2.11. The second-order valence-corrected chi connectivity index (χ2v) is 5.46. The van der Waals surface area contributed by atoms with Gasteiger partial charge in [0.05, 0.1) is 13.2 Å². The zero-order chi connectivity index (χ0) is 15.2. The SMILES string of the molecule is CCCOC/C(C)=C/CC/C(C)=C/CC/C(C)=C/CO. The minimum Gasteiger partial charge on any atom is -0.392 e. The van der Waals surface area contributed by atoms with E-state index < -0.39 is 0 Å². The first-order valence-corrected chi connectivity index (χ1v) is 7.75. The molecular weight excluding hydrogens is 248 g/mol. The van der Waals surface area contributed by atoms with Crippen LogP contribution in [0.3, 0.4) is 0 Å². The summed E-state index contributed by atoms with van der Waals surface area (Å²) in [5.41, 5.74) is 4.04. The quantitative estimate of drug-likeness (QED) is 0.435. The molecule has 0 atom stereocenters. The fourth-order valence-corrected chi connectivity index (χ4v) is 1.89. The molecule has 0 aliphatic rings. The molecule has 0 aliphatic carbocycles. The highest BCUT2D eigenvalue weighted by Gasteiger charge is 1.93. The summed E-state index contributed by atoms with van der Waals surface area (Å²) in [6.45, 7) is 10.3. The van der Waals surface area contributed by atoms with Gasteiger partial charge in [0.25, 0.3) is 0 Å². The van der Waals surface area contributed by atoms with Crippen LogP contribution in [-0.4, -0.2) is 24.9 Å². The lowest BCUT2D eigenvalue weighted by atomic mass is 10.1. The maximum absolute atomic E-state index is 8.78. The molecule has 0 aromatic carbocycles. The molecule has 0 heterocycles. The number of aliphatic hydroxyl groups excluding tert-OH is 1.